The van der Waals surface area contributed by atoms with Crippen LogP contribution in [-0.2, 0) is 11.3 Å². The van der Waals surface area contributed by atoms with Gasteiger partial charge in [-0.05, 0) is 38.9 Å². The maximum absolute atomic E-state index is 13.5. The smallest absolute Gasteiger partial charge is 0.223 e. The second kappa shape index (κ2) is 5.23. The molecule has 0 radical (unpaired) electrons. The number of carbonyl (C=O) groups excluding carboxylic acids is 1. The summed E-state index contributed by atoms with van der Waals surface area (Å²) in [6, 6.07) is 4.94. The Morgan fingerprint density at radius 2 is 2.11 bits per heavy atom. The van der Waals surface area contributed by atoms with E-state index in [1.807, 2.05) is 11.0 Å². The topological polar surface area (TPSA) is 20.3 Å². The average molecular weight is 328 g/mol. The van der Waals surface area contributed by atoms with Gasteiger partial charge in [0.2, 0.25) is 5.91 Å². The number of hydrogen-bond donors (Lipinski definition) is 0. The number of likely N-dealkylation sites (tertiary alicyclic amines) is 1. The lowest BCUT2D eigenvalue weighted by atomic mass is 9.80. The highest BCUT2D eigenvalue weighted by Gasteiger charge is 2.36. The molecule has 1 heterocycles. The lowest BCUT2D eigenvalue weighted by Crippen LogP contribution is -2.27. The van der Waals surface area contributed by atoms with Crippen LogP contribution in [0.25, 0.3) is 0 Å². The van der Waals surface area contributed by atoms with Crippen molar-refractivity contribution < 1.29 is 9.18 Å². The molecule has 1 aromatic carbocycles. The average Bonchev–Trinajstić information content (AvgIpc) is 2.67. The molecule has 1 aliphatic heterocycles. The summed E-state index contributed by atoms with van der Waals surface area (Å²) in [7, 11) is 0. The monoisotopic (exact) mass is 327 g/mol. The van der Waals surface area contributed by atoms with Gasteiger partial charge >= 0.3 is 0 Å². The highest BCUT2D eigenvalue weighted by atomic mass is 79.9. The Labute approximate surface area is 122 Å². The Morgan fingerprint density at radius 1 is 1.42 bits per heavy atom. The molecule has 2 nitrogen and oxygen atoms in total. The summed E-state index contributed by atoms with van der Waals surface area (Å²) in [4.78, 5) is 13.9. The minimum absolute atomic E-state index is 0.129. The van der Waals surface area contributed by atoms with Crippen LogP contribution in [0.5, 0.6) is 0 Å². The summed E-state index contributed by atoms with van der Waals surface area (Å²) in [5.41, 5.74) is 0.951. The molecule has 1 saturated heterocycles. The third-order valence-electron chi connectivity index (χ3n) is 3.83. The van der Waals surface area contributed by atoms with Gasteiger partial charge in [-0.1, -0.05) is 32.9 Å². The molecule has 1 amide bonds. The first-order chi connectivity index (χ1) is 8.79. The second-order valence-corrected chi connectivity index (χ2v) is 7.05. The summed E-state index contributed by atoms with van der Waals surface area (Å²) in [5.74, 6) is 0.250. The molecule has 1 unspecified atom stereocenters. The molecule has 0 bridgehead atoms. The molecule has 4 heteroatoms. The van der Waals surface area contributed by atoms with E-state index >= 15 is 0 Å². The minimum Gasteiger partial charge on any atom is -0.338 e. The van der Waals surface area contributed by atoms with E-state index in [1.54, 1.807) is 6.07 Å². The van der Waals surface area contributed by atoms with Gasteiger partial charge in [0.05, 0.1) is 4.47 Å². The molecule has 1 fully saturated rings. The van der Waals surface area contributed by atoms with Crippen LogP contribution >= 0.6 is 15.9 Å². The number of nitrogens with zero attached hydrogens (tertiary/aromatic N) is 1. The standard InChI is InChI=1S/C15H19BrFNO/c1-15(2,3)11-7-13(19)18(9-11)8-10-5-4-6-12(17)14(10)16/h4-6,11H,7-9H2,1-3H3. The molecule has 1 atom stereocenters. The summed E-state index contributed by atoms with van der Waals surface area (Å²) >= 11 is 3.25. The minimum atomic E-state index is -0.281. The summed E-state index contributed by atoms with van der Waals surface area (Å²) in [6.07, 6.45) is 0.594. The molecule has 1 aromatic rings. The van der Waals surface area contributed by atoms with Gasteiger partial charge in [0.15, 0.2) is 0 Å². The van der Waals surface area contributed by atoms with Crippen LogP contribution in [0.15, 0.2) is 22.7 Å². The fraction of sp³-hybridized carbons (Fsp3) is 0.533. The van der Waals surface area contributed by atoms with Crippen molar-refractivity contribution in [2.45, 2.75) is 33.7 Å². The molecule has 2 rings (SSSR count). The molecule has 0 spiro atoms. The third kappa shape index (κ3) is 3.16. The SMILES string of the molecule is CC(C)(C)C1CC(=O)N(Cc2cccc(F)c2Br)C1. The maximum atomic E-state index is 13.5. The van der Waals surface area contributed by atoms with Crippen molar-refractivity contribution in [2.75, 3.05) is 6.54 Å². The highest BCUT2D eigenvalue weighted by molar-refractivity contribution is 9.10. The van der Waals surface area contributed by atoms with Crippen LogP contribution in [0.3, 0.4) is 0 Å². The fourth-order valence-corrected chi connectivity index (χ4v) is 2.77. The first-order valence-corrected chi connectivity index (χ1v) is 7.29. The quantitative estimate of drug-likeness (QED) is 0.804. The van der Waals surface area contributed by atoms with Gasteiger partial charge in [-0.25, -0.2) is 4.39 Å². The lowest BCUT2D eigenvalue weighted by Gasteiger charge is -2.26. The van der Waals surface area contributed by atoms with E-state index in [9.17, 15) is 9.18 Å². The predicted octanol–water partition coefficient (Wildman–Crippen LogP) is 3.98. The Kier molecular flexibility index (Phi) is 4.00. The van der Waals surface area contributed by atoms with Crippen molar-refractivity contribution in [3.05, 3.63) is 34.1 Å². The van der Waals surface area contributed by atoms with Crippen LogP contribution in [0.4, 0.5) is 4.39 Å². The van der Waals surface area contributed by atoms with E-state index in [0.717, 1.165) is 12.1 Å². The van der Waals surface area contributed by atoms with Gasteiger partial charge in [0.1, 0.15) is 5.82 Å². The van der Waals surface area contributed by atoms with E-state index in [4.69, 9.17) is 0 Å². The number of hydrogen-bond acceptors (Lipinski definition) is 1. The van der Waals surface area contributed by atoms with Gasteiger partial charge in [0.25, 0.3) is 0 Å². The van der Waals surface area contributed by atoms with Crippen molar-refractivity contribution in [2.24, 2.45) is 11.3 Å². The first-order valence-electron chi connectivity index (χ1n) is 6.49. The fourth-order valence-electron chi connectivity index (χ4n) is 2.38. The van der Waals surface area contributed by atoms with Crippen molar-refractivity contribution in [3.63, 3.8) is 0 Å². The van der Waals surface area contributed by atoms with E-state index in [-0.39, 0.29) is 17.1 Å². The van der Waals surface area contributed by atoms with Crippen molar-refractivity contribution in [3.8, 4) is 0 Å². The Balaban J connectivity index is 2.12. The van der Waals surface area contributed by atoms with Crippen LogP contribution in [0, 0.1) is 17.2 Å². The molecule has 0 saturated carbocycles. The van der Waals surface area contributed by atoms with E-state index < -0.39 is 0 Å². The molecule has 0 aromatic heterocycles. The molecule has 0 N–H and O–H groups in total. The summed E-state index contributed by atoms with van der Waals surface area (Å²) in [6.45, 7) is 7.71. The van der Waals surface area contributed by atoms with E-state index in [0.29, 0.717) is 23.4 Å². The highest BCUT2D eigenvalue weighted by Crippen LogP contribution is 2.35. The van der Waals surface area contributed by atoms with Gasteiger partial charge in [-0.3, -0.25) is 4.79 Å². The molecular weight excluding hydrogens is 309 g/mol. The van der Waals surface area contributed by atoms with Crippen molar-refractivity contribution in [1.82, 2.24) is 4.90 Å². The molecule has 19 heavy (non-hydrogen) atoms. The number of carbonyl (C=O) groups is 1. The third-order valence-corrected chi connectivity index (χ3v) is 4.72. The normalized spacial score (nSPS) is 20.2. The molecule has 1 aliphatic rings. The summed E-state index contributed by atoms with van der Waals surface area (Å²) < 4.78 is 13.9. The van der Waals surface area contributed by atoms with Gasteiger partial charge in [0, 0.05) is 19.5 Å². The van der Waals surface area contributed by atoms with Crippen LogP contribution < -0.4 is 0 Å². The predicted molar refractivity (Wildman–Crippen MR) is 77.1 cm³/mol. The van der Waals surface area contributed by atoms with Gasteiger partial charge in [-0.2, -0.15) is 0 Å². The van der Waals surface area contributed by atoms with Gasteiger partial charge in [-0.15, -0.1) is 0 Å². The van der Waals surface area contributed by atoms with Crippen LogP contribution in [0.2, 0.25) is 0 Å². The number of amides is 1. The zero-order chi connectivity index (χ0) is 14.2. The number of benzene rings is 1. The van der Waals surface area contributed by atoms with Crippen molar-refractivity contribution >= 4 is 21.8 Å². The zero-order valence-corrected chi connectivity index (χ0v) is 13.1. The zero-order valence-electron chi connectivity index (χ0n) is 11.5. The Bertz CT molecular complexity index is 495. The van der Waals surface area contributed by atoms with Gasteiger partial charge < -0.3 is 4.90 Å². The van der Waals surface area contributed by atoms with Crippen LogP contribution in [0.1, 0.15) is 32.8 Å². The van der Waals surface area contributed by atoms with E-state index in [2.05, 4.69) is 36.7 Å². The number of rotatable bonds is 2. The van der Waals surface area contributed by atoms with Crippen LogP contribution in [-0.4, -0.2) is 17.4 Å². The number of halogens is 2. The molecule has 0 aliphatic carbocycles. The van der Waals surface area contributed by atoms with E-state index in [1.165, 1.54) is 6.07 Å². The molecule has 104 valence electrons. The summed E-state index contributed by atoms with van der Waals surface area (Å²) in [5, 5.41) is 0. The van der Waals surface area contributed by atoms with Crippen molar-refractivity contribution in [1.29, 1.82) is 0 Å². The first kappa shape index (κ1) is 14.5. The molecular formula is C15H19BrFNO. The lowest BCUT2D eigenvalue weighted by molar-refractivity contribution is -0.128. The second-order valence-electron chi connectivity index (χ2n) is 6.25. The maximum Gasteiger partial charge on any atom is 0.223 e. The Morgan fingerprint density at radius 3 is 2.68 bits per heavy atom. The largest absolute Gasteiger partial charge is 0.338 e. The Hall–Kier alpha value is -0.900.